The molecule has 0 unspecified atom stereocenters. The van der Waals surface area contributed by atoms with Gasteiger partial charge in [-0.25, -0.2) is 4.79 Å². The normalized spacial score (nSPS) is 15.6. The van der Waals surface area contributed by atoms with Crippen LogP contribution in [0.2, 0.25) is 0 Å². The lowest BCUT2D eigenvalue weighted by molar-refractivity contribution is 0.0240. The van der Waals surface area contributed by atoms with E-state index in [2.05, 4.69) is 32.8 Å². The Balaban J connectivity index is 0.000000247. The average Bonchev–Trinajstić information content (AvgIpc) is 2.90. The zero-order valence-corrected chi connectivity index (χ0v) is 24.3. The summed E-state index contributed by atoms with van der Waals surface area (Å²) >= 11 is 2.26. The lowest BCUT2D eigenvalue weighted by Crippen LogP contribution is -2.50. The van der Waals surface area contributed by atoms with Crippen LogP contribution in [0.5, 0.6) is 5.75 Å². The molecular weight excluding hydrogens is 569 g/mol. The Bertz CT molecular complexity index is 862. The molecule has 0 aliphatic carbocycles. The predicted molar refractivity (Wildman–Crippen MR) is 155 cm³/mol. The number of rotatable bonds is 3. The Morgan fingerprint density at radius 3 is 1.94 bits per heavy atom. The van der Waals surface area contributed by atoms with E-state index in [1.54, 1.807) is 12.0 Å². The van der Waals surface area contributed by atoms with Crippen molar-refractivity contribution in [3.05, 3.63) is 57.7 Å². The first-order valence-corrected chi connectivity index (χ1v) is 13.7. The van der Waals surface area contributed by atoms with Gasteiger partial charge >= 0.3 is 6.09 Å². The van der Waals surface area contributed by atoms with Crippen LogP contribution < -0.4 is 15.0 Å². The van der Waals surface area contributed by atoms with Gasteiger partial charge in [-0.2, -0.15) is 0 Å². The number of carbonyl (C=O) groups excluding carboxylic acids is 1. The van der Waals surface area contributed by atoms with Crippen molar-refractivity contribution in [3.63, 3.8) is 0 Å². The van der Waals surface area contributed by atoms with Crippen molar-refractivity contribution >= 4 is 34.4 Å². The molecule has 2 aromatic carbocycles. The number of hydrogen-bond donors (Lipinski definition) is 2. The number of aliphatic hydroxyl groups is 1. The van der Waals surface area contributed by atoms with E-state index in [4.69, 9.17) is 14.6 Å². The number of nitrogens with one attached hydrogen (secondary N) is 1. The molecule has 7 nitrogen and oxygen atoms in total. The van der Waals surface area contributed by atoms with Crippen LogP contribution >= 0.6 is 22.6 Å². The third-order valence-corrected chi connectivity index (χ3v) is 6.39. The quantitative estimate of drug-likeness (QED) is 0.460. The van der Waals surface area contributed by atoms with E-state index in [1.807, 2.05) is 69.3 Å². The molecule has 0 spiro atoms. The van der Waals surface area contributed by atoms with Gasteiger partial charge in [0.05, 0.1) is 13.7 Å². The summed E-state index contributed by atoms with van der Waals surface area (Å²) in [7, 11) is 1.67. The molecule has 2 aliphatic heterocycles. The Hall–Kier alpha value is -2.04. The zero-order chi connectivity index (χ0) is 26.4. The van der Waals surface area contributed by atoms with E-state index in [0.29, 0.717) is 13.1 Å². The van der Waals surface area contributed by atoms with E-state index in [9.17, 15) is 4.79 Å². The molecule has 4 rings (SSSR count). The summed E-state index contributed by atoms with van der Waals surface area (Å²) in [5, 5.41) is 12.3. The van der Waals surface area contributed by atoms with Gasteiger partial charge in [0.2, 0.25) is 0 Å². The van der Waals surface area contributed by atoms with Gasteiger partial charge in [-0.1, -0.05) is 18.6 Å². The van der Waals surface area contributed by atoms with Crippen LogP contribution in [0.25, 0.3) is 0 Å². The predicted octanol–water partition coefficient (Wildman–Crippen LogP) is 5.30. The molecule has 2 aliphatic rings. The third kappa shape index (κ3) is 11.8. The topological polar surface area (TPSA) is 74.3 Å². The monoisotopic (exact) mass is 611 g/mol. The molecule has 0 saturated carbocycles. The average molecular weight is 612 g/mol. The standard InChI is InChI=1S/C16H24N2O3.C7H7IO.C5H11N/c1-16(2,3)21-15(20)18-10-8-17(9-11-18)14-6-4-13(12-19)5-7-14;1-9-7-4-2-6(8)3-5-7;1-2-4-6-5-3-1/h4-7,19H,8-12H2,1-3H3;2-5H,1H3;6H,1-5H2. The molecule has 2 heterocycles. The molecule has 2 saturated heterocycles. The summed E-state index contributed by atoms with van der Waals surface area (Å²) in [6.07, 6.45) is 3.98. The molecule has 2 aromatic rings. The smallest absolute Gasteiger partial charge is 0.410 e. The van der Waals surface area contributed by atoms with Crippen LogP contribution in [0.4, 0.5) is 10.5 Å². The number of methoxy groups -OCH3 is 1. The number of carbonyl (C=O) groups is 1. The Kier molecular flexibility index (Phi) is 13.4. The second kappa shape index (κ2) is 15.9. The number of piperazine rings is 1. The van der Waals surface area contributed by atoms with Crippen LogP contribution in [-0.4, -0.2) is 68.1 Å². The summed E-state index contributed by atoms with van der Waals surface area (Å²) < 4.78 is 11.6. The van der Waals surface area contributed by atoms with Gasteiger partial charge in [-0.15, -0.1) is 0 Å². The molecule has 2 fully saturated rings. The number of anilines is 1. The first-order chi connectivity index (χ1) is 17.2. The van der Waals surface area contributed by atoms with Crippen LogP contribution in [0.15, 0.2) is 48.5 Å². The minimum absolute atomic E-state index is 0.0622. The summed E-state index contributed by atoms with van der Waals surface area (Å²) in [6.45, 7) is 11.1. The lowest BCUT2D eigenvalue weighted by atomic mass is 10.2. The number of aliphatic hydroxyl groups excluding tert-OH is 1. The van der Waals surface area contributed by atoms with Crippen molar-refractivity contribution in [2.45, 2.75) is 52.2 Å². The highest BCUT2D eigenvalue weighted by atomic mass is 127. The van der Waals surface area contributed by atoms with Crippen LogP contribution in [-0.2, 0) is 11.3 Å². The molecule has 0 atom stereocenters. The number of ether oxygens (including phenoxy) is 2. The molecule has 0 radical (unpaired) electrons. The van der Waals surface area contributed by atoms with Crippen molar-refractivity contribution in [2.24, 2.45) is 0 Å². The van der Waals surface area contributed by atoms with Crippen LogP contribution in [0, 0.1) is 3.57 Å². The van der Waals surface area contributed by atoms with Gasteiger partial charge in [-0.3, -0.25) is 0 Å². The SMILES string of the molecule is C1CCNCC1.CC(C)(C)OC(=O)N1CCN(c2ccc(CO)cc2)CC1.COc1ccc(I)cc1. The van der Waals surface area contributed by atoms with Gasteiger partial charge in [0, 0.05) is 35.4 Å². The maximum Gasteiger partial charge on any atom is 0.410 e. The van der Waals surface area contributed by atoms with E-state index in [1.165, 1.54) is 35.9 Å². The van der Waals surface area contributed by atoms with Gasteiger partial charge < -0.3 is 29.7 Å². The van der Waals surface area contributed by atoms with E-state index in [-0.39, 0.29) is 12.7 Å². The largest absolute Gasteiger partial charge is 0.497 e. The fourth-order valence-electron chi connectivity index (χ4n) is 3.66. The van der Waals surface area contributed by atoms with Crippen molar-refractivity contribution in [1.29, 1.82) is 0 Å². The first kappa shape index (κ1) is 30.2. The van der Waals surface area contributed by atoms with E-state index in [0.717, 1.165) is 30.1 Å². The zero-order valence-electron chi connectivity index (χ0n) is 22.1. The molecule has 200 valence electrons. The highest BCUT2D eigenvalue weighted by Crippen LogP contribution is 2.19. The van der Waals surface area contributed by atoms with Crippen LogP contribution in [0.3, 0.4) is 0 Å². The van der Waals surface area contributed by atoms with Gasteiger partial charge in [0.1, 0.15) is 11.4 Å². The maximum atomic E-state index is 12.0. The van der Waals surface area contributed by atoms with E-state index < -0.39 is 5.60 Å². The molecular formula is C28H42IN3O4. The van der Waals surface area contributed by atoms with Gasteiger partial charge in [-0.05, 0) is 111 Å². The summed E-state index contributed by atoms with van der Waals surface area (Å²) in [5.41, 5.74) is 1.58. The Morgan fingerprint density at radius 2 is 1.53 bits per heavy atom. The van der Waals surface area contributed by atoms with E-state index >= 15 is 0 Å². The number of benzene rings is 2. The van der Waals surface area contributed by atoms with Gasteiger partial charge in [0.15, 0.2) is 0 Å². The minimum Gasteiger partial charge on any atom is -0.497 e. The number of amides is 1. The Morgan fingerprint density at radius 1 is 0.944 bits per heavy atom. The first-order valence-electron chi connectivity index (χ1n) is 12.6. The summed E-state index contributed by atoms with van der Waals surface area (Å²) in [5.74, 6) is 0.912. The second-order valence-corrected chi connectivity index (χ2v) is 11.0. The molecule has 2 N–H and O–H groups in total. The van der Waals surface area contributed by atoms with Crippen molar-refractivity contribution in [1.82, 2.24) is 10.2 Å². The van der Waals surface area contributed by atoms with Crippen molar-refractivity contribution < 1.29 is 19.4 Å². The highest BCUT2D eigenvalue weighted by Gasteiger charge is 2.25. The fraction of sp³-hybridized carbons (Fsp3) is 0.536. The number of nitrogens with zero attached hydrogens (tertiary/aromatic N) is 2. The fourth-order valence-corrected chi connectivity index (χ4v) is 4.02. The molecule has 36 heavy (non-hydrogen) atoms. The number of piperidine rings is 1. The maximum absolute atomic E-state index is 12.0. The minimum atomic E-state index is -0.450. The second-order valence-electron chi connectivity index (χ2n) is 9.75. The van der Waals surface area contributed by atoms with Crippen LogP contribution in [0.1, 0.15) is 45.6 Å². The van der Waals surface area contributed by atoms with Crippen molar-refractivity contribution in [3.8, 4) is 5.75 Å². The Labute approximate surface area is 230 Å². The highest BCUT2D eigenvalue weighted by molar-refractivity contribution is 14.1. The molecule has 8 heteroatoms. The molecule has 1 amide bonds. The lowest BCUT2D eigenvalue weighted by Gasteiger charge is -2.36. The summed E-state index contributed by atoms with van der Waals surface area (Å²) in [4.78, 5) is 16.0. The van der Waals surface area contributed by atoms with Gasteiger partial charge in [0.25, 0.3) is 0 Å². The number of hydrogen-bond acceptors (Lipinski definition) is 6. The summed E-state index contributed by atoms with van der Waals surface area (Å²) in [6, 6.07) is 15.8. The van der Waals surface area contributed by atoms with Crippen molar-refractivity contribution in [2.75, 3.05) is 51.3 Å². The molecule has 0 bridgehead atoms. The third-order valence-electron chi connectivity index (χ3n) is 5.67. The number of halogens is 1. The molecule has 0 aromatic heterocycles.